The minimum absolute atomic E-state index is 0.0256. The number of anilines is 1. The van der Waals surface area contributed by atoms with Crippen molar-refractivity contribution in [1.29, 1.82) is 0 Å². The molecule has 3 aromatic rings. The number of hydrogen-bond donors (Lipinski definition) is 1. The quantitative estimate of drug-likeness (QED) is 0.549. The minimum atomic E-state index is -0.822. The summed E-state index contributed by atoms with van der Waals surface area (Å²) in [7, 11) is 1.64. The van der Waals surface area contributed by atoms with Gasteiger partial charge in [-0.05, 0) is 47.5 Å². The highest BCUT2D eigenvalue weighted by atomic mass is 16.5. The number of piperazine rings is 2. The molecule has 0 saturated carbocycles. The SMILES string of the molecule is COc1ccc(N2CCN(C(=O)C[C@H]3C(=O)NCCN3C(=O)c3ccc(-c4ccccc4)cc3)CC2)cc1. The molecule has 2 heterocycles. The van der Waals surface area contributed by atoms with Gasteiger partial charge in [-0.3, -0.25) is 14.4 Å². The number of carbonyl (C=O) groups is 3. The van der Waals surface area contributed by atoms with Gasteiger partial charge in [-0.2, -0.15) is 0 Å². The topological polar surface area (TPSA) is 82.2 Å². The molecule has 0 radical (unpaired) electrons. The van der Waals surface area contributed by atoms with Crippen molar-refractivity contribution < 1.29 is 19.1 Å². The zero-order valence-corrected chi connectivity index (χ0v) is 21.5. The van der Waals surface area contributed by atoms with Crippen LogP contribution in [0.25, 0.3) is 11.1 Å². The Labute approximate surface area is 222 Å². The summed E-state index contributed by atoms with van der Waals surface area (Å²) >= 11 is 0. The zero-order chi connectivity index (χ0) is 26.5. The van der Waals surface area contributed by atoms with Gasteiger partial charge in [-0.1, -0.05) is 42.5 Å². The highest BCUT2D eigenvalue weighted by molar-refractivity contribution is 6.00. The van der Waals surface area contributed by atoms with Gasteiger partial charge in [0, 0.05) is 50.5 Å². The molecule has 0 bridgehead atoms. The summed E-state index contributed by atoms with van der Waals surface area (Å²) in [6, 6.07) is 24.4. The zero-order valence-electron chi connectivity index (χ0n) is 21.5. The molecule has 8 nitrogen and oxygen atoms in total. The lowest BCUT2D eigenvalue weighted by atomic mass is 10.0. The number of nitrogens with one attached hydrogen (secondary N) is 1. The first-order chi connectivity index (χ1) is 18.5. The van der Waals surface area contributed by atoms with E-state index < -0.39 is 6.04 Å². The summed E-state index contributed by atoms with van der Waals surface area (Å²) in [5.41, 5.74) is 3.67. The Hall–Kier alpha value is -4.33. The van der Waals surface area contributed by atoms with Gasteiger partial charge in [-0.15, -0.1) is 0 Å². The number of rotatable bonds is 6. The van der Waals surface area contributed by atoms with Crippen LogP contribution in [-0.2, 0) is 9.59 Å². The van der Waals surface area contributed by atoms with Crippen molar-refractivity contribution in [3.63, 3.8) is 0 Å². The number of amides is 3. The summed E-state index contributed by atoms with van der Waals surface area (Å²) in [6.45, 7) is 3.27. The monoisotopic (exact) mass is 512 g/mol. The van der Waals surface area contributed by atoms with Crippen molar-refractivity contribution in [3.05, 3.63) is 84.4 Å². The second-order valence-corrected chi connectivity index (χ2v) is 9.52. The lowest BCUT2D eigenvalue weighted by molar-refractivity contribution is -0.138. The largest absolute Gasteiger partial charge is 0.497 e. The van der Waals surface area contributed by atoms with Gasteiger partial charge < -0.3 is 24.8 Å². The molecular weight excluding hydrogens is 480 g/mol. The maximum Gasteiger partial charge on any atom is 0.254 e. The average Bonchev–Trinajstić information content (AvgIpc) is 2.98. The second-order valence-electron chi connectivity index (χ2n) is 9.52. The fourth-order valence-corrected chi connectivity index (χ4v) is 5.06. The van der Waals surface area contributed by atoms with Gasteiger partial charge in [0.25, 0.3) is 5.91 Å². The van der Waals surface area contributed by atoms with Gasteiger partial charge in [0.2, 0.25) is 11.8 Å². The molecule has 0 aromatic heterocycles. The normalized spacial score (nSPS) is 17.7. The van der Waals surface area contributed by atoms with Crippen molar-refractivity contribution in [2.24, 2.45) is 0 Å². The second kappa shape index (κ2) is 11.4. The van der Waals surface area contributed by atoms with Crippen LogP contribution in [0, 0.1) is 0 Å². The maximum atomic E-state index is 13.4. The molecule has 2 fully saturated rings. The van der Waals surface area contributed by atoms with Gasteiger partial charge in [0.15, 0.2) is 0 Å². The van der Waals surface area contributed by atoms with Crippen LogP contribution in [0.1, 0.15) is 16.8 Å². The first kappa shape index (κ1) is 25.3. The third kappa shape index (κ3) is 5.49. The van der Waals surface area contributed by atoms with Crippen LogP contribution in [0.2, 0.25) is 0 Å². The van der Waals surface area contributed by atoms with E-state index in [0.29, 0.717) is 44.8 Å². The molecule has 0 spiro atoms. The van der Waals surface area contributed by atoms with Gasteiger partial charge in [0.05, 0.1) is 13.5 Å². The average molecular weight is 513 g/mol. The fourth-order valence-electron chi connectivity index (χ4n) is 5.06. The van der Waals surface area contributed by atoms with E-state index in [4.69, 9.17) is 4.74 Å². The van der Waals surface area contributed by atoms with Crippen LogP contribution >= 0.6 is 0 Å². The van der Waals surface area contributed by atoms with E-state index in [1.54, 1.807) is 29.0 Å². The predicted octanol–water partition coefficient (Wildman–Crippen LogP) is 3.04. The predicted molar refractivity (Wildman–Crippen MR) is 146 cm³/mol. The van der Waals surface area contributed by atoms with Crippen LogP contribution in [0.4, 0.5) is 5.69 Å². The molecule has 2 aliphatic heterocycles. The molecule has 0 aliphatic carbocycles. The van der Waals surface area contributed by atoms with E-state index in [1.165, 1.54) is 0 Å². The highest BCUT2D eigenvalue weighted by Crippen LogP contribution is 2.23. The maximum absolute atomic E-state index is 13.4. The molecule has 5 rings (SSSR count). The molecule has 3 aromatic carbocycles. The summed E-state index contributed by atoms with van der Waals surface area (Å²) in [6.07, 6.45) is -0.0256. The van der Waals surface area contributed by atoms with Gasteiger partial charge >= 0.3 is 0 Å². The number of hydrogen-bond acceptors (Lipinski definition) is 5. The van der Waals surface area contributed by atoms with E-state index in [-0.39, 0.29) is 24.1 Å². The van der Waals surface area contributed by atoms with E-state index in [1.807, 2.05) is 66.7 Å². The number of ether oxygens (including phenoxy) is 1. The molecular formula is C30H32N4O4. The summed E-state index contributed by atoms with van der Waals surface area (Å²) in [5, 5.41) is 2.82. The molecule has 2 saturated heterocycles. The molecule has 38 heavy (non-hydrogen) atoms. The molecule has 0 unspecified atom stereocenters. The van der Waals surface area contributed by atoms with Gasteiger partial charge in [-0.25, -0.2) is 0 Å². The smallest absolute Gasteiger partial charge is 0.254 e. The molecule has 3 amide bonds. The van der Waals surface area contributed by atoms with Crippen molar-refractivity contribution in [1.82, 2.24) is 15.1 Å². The van der Waals surface area contributed by atoms with Crippen LogP contribution in [0.3, 0.4) is 0 Å². The van der Waals surface area contributed by atoms with Crippen LogP contribution in [0.5, 0.6) is 5.75 Å². The van der Waals surface area contributed by atoms with Gasteiger partial charge in [0.1, 0.15) is 11.8 Å². The van der Waals surface area contributed by atoms with Crippen molar-refractivity contribution >= 4 is 23.4 Å². The van der Waals surface area contributed by atoms with E-state index in [9.17, 15) is 14.4 Å². The van der Waals surface area contributed by atoms with Crippen molar-refractivity contribution in [2.75, 3.05) is 51.3 Å². The molecule has 2 aliphatic rings. The van der Waals surface area contributed by atoms with E-state index >= 15 is 0 Å². The summed E-state index contributed by atoms with van der Waals surface area (Å²) < 4.78 is 5.23. The summed E-state index contributed by atoms with van der Waals surface area (Å²) in [4.78, 5) is 45.0. The molecule has 8 heteroatoms. The lowest BCUT2D eigenvalue weighted by Gasteiger charge is -2.39. The molecule has 196 valence electrons. The number of methoxy groups -OCH3 is 1. The lowest BCUT2D eigenvalue weighted by Crippen LogP contribution is -2.59. The first-order valence-corrected chi connectivity index (χ1v) is 12.9. The van der Waals surface area contributed by atoms with Crippen LogP contribution in [-0.4, -0.2) is 79.9 Å². The van der Waals surface area contributed by atoms with E-state index in [2.05, 4.69) is 10.2 Å². The summed E-state index contributed by atoms with van der Waals surface area (Å²) in [5.74, 6) is 0.176. The third-order valence-corrected chi connectivity index (χ3v) is 7.27. The number of benzene rings is 3. The highest BCUT2D eigenvalue weighted by Gasteiger charge is 2.36. The van der Waals surface area contributed by atoms with E-state index in [0.717, 1.165) is 22.6 Å². The Kier molecular flexibility index (Phi) is 7.58. The number of carbonyl (C=O) groups excluding carboxylic acids is 3. The standard InChI is InChI=1S/C30H32N4O4/c1-38-26-13-11-25(12-14-26)32-17-19-33(20-18-32)28(35)21-27-29(36)31-15-16-34(27)30(37)24-9-7-23(8-10-24)22-5-3-2-4-6-22/h2-14,27H,15-21H2,1H3,(H,31,36)/t27-/m0/s1. The Morgan fingerprint density at radius 1 is 0.842 bits per heavy atom. The third-order valence-electron chi connectivity index (χ3n) is 7.27. The Morgan fingerprint density at radius 2 is 1.50 bits per heavy atom. The molecule has 1 N–H and O–H groups in total. The molecule has 1 atom stereocenters. The fraction of sp³-hybridized carbons (Fsp3) is 0.300. The van der Waals surface area contributed by atoms with Crippen LogP contribution in [0.15, 0.2) is 78.9 Å². The first-order valence-electron chi connectivity index (χ1n) is 12.9. The number of nitrogens with zero attached hydrogens (tertiary/aromatic N) is 3. The Balaban J connectivity index is 1.22. The van der Waals surface area contributed by atoms with Crippen LogP contribution < -0.4 is 15.0 Å². The minimum Gasteiger partial charge on any atom is -0.497 e. The Bertz CT molecular complexity index is 1270. The Morgan fingerprint density at radius 3 is 2.16 bits per heavy atom. The van der Waals surface area contributed by atoms with Crippen molar-refractivity contribution in [2.45, 2.75) is 12.5 Å². The van der Waals surface area contributed by atoms with Crippen molar-refractivity contribution in [3.8, 4) is 16.9 Å².